The molecule has 0 radical (unpaired) electrons. The van der Waals surface area contributed by atoms with E-state index in [0.29, 0.717) is 17.2 Å². The van der Waals surface area contributed by atoms with Gasteiger partial charge in [-0.15, -0.1) is 0 Å². The summed E-state index contributed by atoms with van der Waals surface area (Å²) < 4.78 is 23.6. The molecular weight excluding hydrogens is 321 g/mol. The molecule has 1 aliphatic heterocycles. The molecule has 0 saturated heterocycles. The molecule has 3 rings (SSSR count). The number of carbonyl (C=O) groups excluding carboxylic acids is 1. The van der Waals surface area contributed by atoms with Crippen molar-refractivity contribution in [2.75, 3.05) is 7.11 Å². The Labute approximate surface area is 145 Å². The van der Waals surface area contributed by atoms with E-state index in [4.69, 9.17) is 9.47 Å². The van der Waals surface area contributed by atoms with Gasteiger partial charge >= 0.3 is 5.97 Å². The fourth-order valence-electron chi connectivity index (χ4n) is 2.50. The van der Waals surface area contributed by atoms with Gasteiger partial charge in [0.15, 0.2) is 5.70 Å². The molecule has 2 aromatic carbocycles. The summed E-state index contributed by atoms with van der Waals surface area (Å²) in [5.41, 5.74) is 2.60. The summed E-state index contributed by atoms with van der Waals surface area (Å²) in [5, 5.41) is 0. The molecule has 0 fully saturated rings. The van der Waals surface area contributed by atoms with Crippen LogP contribution in [0.25, 0.3) is 6.08 Å². The van der Waals surface area contributed by atoms with E-state index in [-0.39, 0.29) is 17.4 Å². The van der Waals surface area contributed by atoms with E-state index in [1.54, 1.807) is 13.2 Å². The van der Waals surface area contributed by atoms with E-state index in [0.717, 1.165) is 11.1 Å². The standard InChI is InChI=1S/C20H18FNO3/c1-12(2)14-6-9-18(24-3)15(10-14)11-17-20(23)25-19(22-17)13-4-7-16(21)8-5-13/h4-12H,1-3H3/b17-11-. The summed E-state index contributed by atoms with van der Waals surface area (Å²) in [6.45, 7) is 4.18. The molecule has 128 valence electrons. The van der Waals surface area contributed by atoms with Gasteiger partial charge < -0.3 is 9.47 Å². The Bertz CT molecular complexity index is 867. The smallest absolute Gasteiger partial charge is 0.363 e. The lowest BCUT2D eigenvalue weighted by molar-refractivity contribution is -0.129. The predicted octanol–water partition coefficient (Wildman–Crippen LogP) is 4.30. The van der Waals surface area contributed by atoms with Crippen molar-refractivity contribution in [3.8, 4) is 5.75 Å². The van der Waals surface area contributed by atoms with Crippen molar-refractivity contribution < 1.29 is 18.7 Å². The average molecular weight is 339 g/mol. The molecule has 0 spiro atoms. The second-order valence-corrected chi connectivity index (χ2v) is 6.00. The normalized spacial score (nSPS) is 15.5. The number of esters is 1. The summed E-state index contributed by atoms with van der Waals surface area (Å²) >= 11 is 0. The van der Waals surface area contributed by atoms with Crippen molar-refractivity contribution in [3.05, 3.63) is 70.7 Å². The summed E-state index contributed by atoms with van der Waals surface area (Å²) in [6, 6.07) is 11.5. The molecule has 1 aliphatic rings. The van der Waals surface area contributed by atoms with Crippen molar-refractivity contribution in [2.45, 2.75) is 19.8 Å². The molecule has 5 heteroatoms. The first kappa shape index (κ1) is 16.9. The van der Waals surface area contributed by atoms with Gasteiger partial charge in [-0.05, 0) is 54.0 Å². The van der Waals surface area contributed by atoms with E-state index in [9.17, 15) is 9.18 Å². The summed E-state index contributed by atoms with van der Waals surface area (Å²) in [4.78, 5) is 16.4. The van der Waals surface area contributed by atoms with Gasteiger partial charge in [-0.25, -0.2) is 14.2 Å². The van der Waals surface area contributed by atoms with Crippen LogP contribution in [0.2, 0.25) is 0 Å². The number of carbonyl (C=O) groups is 1. The van der Waals surface area contributed by atoms with E-state index >= 15 is 0 Å². The Morgan fingerprint density at radius 3 is 2.52 bits per heavy atom. The van der Waals surface area contributed by atoms with Crippen LogP contribution < -0.4 is 4.74 Å². The topological polar surface area (TPSA) is 47.9 Å². The minimum Gasteiger partial charge on any atom is -0.496 e. The Hall–Kier alpha value is -2.95. The van der Waals surface area contributed by atoms with Gasteiger partial charge in [0, 0.05) is 11.1 Å². The molecule has 0 unspecified atom stereocenters. The van der Waals surface area contributed by atoms with Gasteiger partial charge in [-0.2, -0.15) is 0 Å². The number of hydrogen-bond donors (Lipinski definition) is 0. The Balaban J connectivity index is 1.99. The third-order valence-corrected chi connectivity index (χ3v) is 3.92. The molecule has 2 aromatic rings. The van der Waals surface area contributed by atoms with E-state index < -0.39 is 5.97 Å². The van der Waals surface area contributed by atoms with Crippen LogP contribution in [0.15, 0.2) is 53.2 Å². The average Bonchev–Trinajstić information content (AvgIpc) is 2.96. The molecule has 4 nitrogen and oxygen atoms in total. The van der Waals surface area contributed by atoms with Crippen molar-refractivity contribution in [3.63, 3.8) is 0 Å². The number of aliphatic imine (C=N–C) groups is 1. The van der Waals surface area contributed by atoms with Gasteiger partial charge in [0.1, 0.15) is 11.6 Å². The molecule has 0 saturated carbocycles. The lowest BCUT2D eigenvalue weighted by atomic mass is 10.00. The van der Waals surface area contributed by atoms with Crippen LogP contribution in [0.1, 0.15) is 36.5 Å². The number of ether oxygens (including phenoxy) is 2. The maximum atomic E-state index is 13.0. The van der Waals surface area contributed by atoms with Crippen LogP contribution >= 0.6 is 0 Å². The highest BCUT2D eigenvalue weighted by atomic mass is 19.1. The highest BCUT2D eigenvalue weighted by molar-refractivity contribution is 6.12. The number of halogens is 1. The Morgan fingerprint density at radius 1 is 1.16 bits per heavy atom. The largest absolute Gasteiger partial charge is 0.496 e. The molecule has 0 amide bonds. The molecule has 0 bridgehead atoms. The number of benzene rings is 2. The first-order valence-electron chi connectivity index (χ1n) is 7.94. The minimum atomic E-state index is -0.545. The van der Waals surface area contributed by atoms with Crippen molar-refractivity contribution >= 4 is 17.9 Å². The maximum Gasteiger partial charge on any atom is 0.363 e. The van der Waals surface area contributed by atoms with Crippen LogP contribution in [0.4, 0.5) is 4.39 Å². The third kappa shape index (κ3) is 3.60. The number of methoxy groups -OCH3 is 1. The van der Waals surface area contributed by atoms with E-state index in [2.05, 4.69) is 18.8 Å². The van der Waals surface area contributed by atoms with Crippen molar-refractivity contribution in [1.29, 1.82) is 0 Å². The van der Waals surface area contributed by atoms with Gasteiger partial charge in [-0.1, -0.05) is 19.9 Å². The Kier molecular flexibility index (Phi) is 4.65. The quantitative estimate of drug-likeness (QED) is 0.616. The SMILES string of the molecule is COc1ccc(C(C)C)cc1/C=C1\N=C(c2ccc(F)cc2)OC1=O. The summed E-state index contributed by atoms with van der Waals surface area (Å²) in [7, 11) is 1.58. The second kappa shape index (κ2) is 6.89. The number of rotatable bonds is 4. The molecule has 0 N–H and O–H groups in total. The molecule has 0 aliphatic carbocycles. The molecule has 0 atom stereocenters. The van der Waals surface area contributed by atoms with Gasteiger partial charge in [0.25, 0.3) is 0 Å². The lowest BCUT2D eigenvalue weighted by Gasteiger charge is -2.10. The van der Waals surface area contributed by atoms with Crippen LogP contribution in [-0.2, 0) is 9.53 Å². The first-order chi connectivity index (χ1) is 12.0. The number of cyclic esters (lactones) is 1. The Morgan fingerprint density at radius 2 is 1.88 bits per heavy atom. The van der Waals surface area contributed by atoms with Crippen LogP contribution in [0, 0.1) is 5.82 Å². The van der Waals surface area contributed by atoms with Crippen LogP contribution in [0.3, 0.4) is 0 Å². The first-order valence-corrected chi connectivity index (χ1v) is 7.94. The van der Waals surface area contributed by atoms with E-state index in [1.165, 1.54) is 24.3 Å². The fourth-order valence-corrected chi connectivity index (χ4v) is 2.50. The van der Waals surface area contributed by atoms with Gasteiger partial charge in [-0.3, -0.25) is 0 Å². The highest BCUT2D eigenvalue weighted by Crippen LogP contribution is 2.28. The lowest BCUT2D eigenvalue weighted by Crippen LogP contribution is -2.05. The molecule has 1 heterocycles. The summed E-state index contributed by atoms with van der Waals surface area (Å²) in [6.07, 6.45) is 1.64. The minimum absolute atomic E-state index is 0.162. The number of nitrogens with zero attached hydrogens (tertiary/aromatic N) is 1. The van der Waals surface area contributed by atoms with Crippen molar-refractivity contribution in [1.82, 2.24) is 0 Å². The maximum absolute atomic E-state index is 13.0. The van der Waals surface area contributed by atoms with E-state index in [1.807, 2.05) is 18.2 Å². The zero-order valence-corrected chi connectivity index (χ0v) is 14.2. The molecular formula is C20H18FNO3. The zero-order chi connectivity index (χ0) is 18.0. The predicted molar refractivity (Wildman–Crippen MR) is 94.1 cm³/mol. The van der Waals surface area contributed by atoms with Crippen LogP contribution in [0.5, 0.6) is 5.75 Å². The zero-order valence-electron chi connectivity index (χ0n) is 14.2. The molecule has 25 heavy (non-hydrogen) atoms. The molecule has 0 aromatic heterocycles. The second-order valence-electron chi connectivity index (χ2n) is 6.00. The fraction of sp³-hybridized carbons (Fsp3) is 0.200. The highest BCUT2D eigenvalue weighted by Gasteiger charge is 2.24. The number of hydrogen-bond acceptors (Lipinski definition) is 4. The van der Waals surface area contributed by atoms with Gasteiger partial charge in [0.05, 0.1) is 7.11 Å². The van der Waals surface area contributed by atoms with Crippen LogP contribution in [-0.4, -0.2) is 19.0 Å². The van der Waals surface area contributed by atoms with Crippen molar-refractivity contribution in [2.24, 2.45) is 4.99 Å². The van der Waals surface area contributed by atoms with Gasteiger partial charge in [0.2, 0.25) is 5.90 Å². The summed E-state index contributed by atoms with van der Waals surface area (Å²) in [5.74, 6) is 0.248. The third-order valence-electron chi connectivity index (χ3n) is 3.92. The monoisotopic (exact) mass is 339 g/mol.